The molecule has 0 radical (unpaired) electrons. The Morgan fingerprint density at radius 1 is 1.00 bits per heavy atom. The third-order valence-electron chi connectivity index (χ3n) is 6.60. The number of rotatable bonds is 10. The van der Waals surface area contributed by atoms with Crippen molar-refractivity contribution in [2.45, 2.75) is 26.5 Å². The van der Waals surface area contributed by atoms with E-state index in [9.17, 15) is 19.5 Å². The molecule has 1 amide bonds. The molecule has 2 heterocycles. The summed E-state index contributed by atoms with van der Waals surface area (Å²) in [5.74, 6) is -1.94. The van der Waals surface area contributed by atoms with E-state index in [1.165, 1.54) is 11.0 Å². The van der Waals surface area contributed by atoms with Crippen LogP contribution in [0.15, 0.2) is 102 Å². The molecule has 3 aromatic carbocycles. The number of carbonyl (C=O) groups is 3. The van der Waals surface area contributed by atoms with Gasteiger partial charge in [-0.25, -0.2) is 9.78 Å². The number of thiazole rings is 1. The van der Waals surface area contributed by atoms with Gasteiger partial charge in [-0.2, -0.15) is 0 Å². The average Bonchev–Trinajstić information content (AvgIpc) is 3.52. The zero-order chi connectivity index (χ0) is 29.6. The van der Waals surface area contributed by atoms with Gasteiger partial charge in [0.2, 0.25) is 0 Å². The van der Waals surface area contributed by atoms with Crippen LogP contribution in [0.5, 0.6) is 5.75 Å². The second-order valence-electron chi connectivity index (χ2n) is 9.42. The fraction of sp³-hybridized carbons (Fsp3) is 0.152. The number of benzene rings is 3. The topological polar surface area (TPSA) is 106 Å². The second-order valence-corrected chi connectivity index (χ2v) is 10.4. The molecule has 0 saturated carbocycles. The van der Waals surface area contributed by atoms with Crippen molar-refractivity contribution in [3.63, 3.8) is 0 Å². The molecule has 0 fully saturated rings. The summed E-state index contributed by atoms with van der Waals surface area (Å²) in [5, 5.41) is 11.2. The molecular formula is C33H28N2O6S. The molecule has 8 nitrogen and oxygen atoms in total. The second kappa shape index (κ2) is 12.7. The third-order valence-corrected chi connectivity index (χ3v) is 7.73. The molecule has 1 unspecified atom stereocenters. The van der Waals surface area contributed by atoms with Crippen molar-refractivity contribution < 1.29 is 29.0 Å². The van der Waals surface area contributed by atoms with Gasteiger partial charge < -0.3 is 14.6 Å². The number of esters is 1. The Balaban J connectivity index is 1.50. The van der Waals surface area contributed by atoms with E-state index in [-0.39, 0.29) is 22.2 Å². The minimum Gasteiger partial charge on any atom is -0.503 e. The summed E-state index contributed by atoms with van der Waals surface area (Å²) in [5.41, 5.74) is 2.65. The molecule has 1 aliphatic rings. The highest BCUT2D eigenvalue weighted by Crippen LogP contribution is 2.43. The van der Waals surface area contributed by atoms with Gasteiger partial charge in [0, 0.05) is 0 Å². The Kier molecular flexibility index (Phi) is 8.59. The Morgan fingerprint density at radius 2 is 1.67 bits per heavy atom. The Bertz CT molecular complexity index is 1660. The first-order chi connectivity index (χ1) is 20.4. The van der Waals surface area contributed by atoms with Crippen LogP contribution in [0.2, 0.25) is 0 Å². The highest BCUT2D eigenvalue weighted by atomic mass is 32.1. The maximum atomic E-state index is 13.5. The normalized spacial score (nSPS) is 15.0. The number of hydrogen-bond acceptors (Lipinski definition) is 8. The van der Waals surface area contributed by atoms with Crippen molar-refractivity contribution in [2.24, 2.45) is 0 Å². The molecule has 4 aromatic rings. The summed E-state index contributed by atoms with van der Waals surface area (Å²) in [4.78, 5) is 45.5. The molecular weight excluding hydrogens is 552 g/mol. The summed E-state index contributed by atoms with van der Waals surface area (Å²) >= 11 is 0.970. The Labute approximate surface area is 247 Å². The summed E-state index contributed by atoms with van der Waals surface area (Å²) in [6.07, 6.45) is 2.96. The number of ether oxygens (including phenoxy) is 2. The maximum Gasteiger partial charge on any atom is 0.350 e. The fourth-order valence-electron chi connectivity index (χ4n) is 4.55. The molecule has 9 heteroatoms. The van der Waals surface area contributed by atoms with Crippen LogP contribution in [0, 0.1) is 6.92 Å². The first-order valence-corrected chi connectivity index (χ1v) is 14.1. The molecule has 0 aliphatic carbocycles. The fourth-order valence-corrected chi connectivity index (χ4v) is 5.54. The van der Waals surface area contributed by atoms with Gasteiger partial charge in [0.25, 0.3) is 5.91 Å². The molecule has 1 atom stereocenters. The number of anilines is 1. The van der Waals surface area contributed by atoms with E-state index in [0.29, 0.717) is 23.6 Å². The lowest BCUT2D eigenvalue weighted by atomic mass is 9.95. The van der Waals surface area contributed by atoms with E-state index in [1.54, 1.807) is 44.2 Å². The van der Waals surface area contributed by atoms with Crippen LogP contribution in [-0.4, -0.2) is 34.4 Å². The first-order valence-electron chi connectivity index (χ1n) is 13.3. The number of aromatic nitrogens is 1. The van der Waals surface area contributed by atoms with Crippen molar-refractivity contribution in [1.82, 2.24) is 4.98 Å². The van der Waals surface area contributed by atoms with Gasteiger partial charge in [0.1, 0.15) is 17.2 Å². The van der Waals surface area contributed by atoms with Crippen molar-refractivity contribution in [3.8, 4) is 5.75 Å². The monoisotopic (exact) mass is 580 g/mol. The van der Waals surface area contributed by atoms with Gasteiger partial charge in [-0.3, -0.25) is 14.5 Å². The largest absolute Gasteiger partial charge is 0.503 e. The van der Waals surface area contributed by atoms with E-state index >= 15 is 0 Å². The predicted octanol–water partition coefficient (Wildman–Crippen LogP) is 6.39. The standard InChI is InChI=1S/C33H28N2O6S/c1-3-40-32(39)30-21(2)34-33(42-30)35-28(24-15-17-25(18-16-24)41-20-23-12-8-5-9-13-23)27(29(37)31(35)38)26(36)19-14-22-10-6-4-7-11-22/h4-19,28,37H,3,20H2,1-2H3. The molecule has 0 saturated heterocycles. The molecule has 42 heavy (non-hydrogen) atoms. The quantitative estimate of drug-likeness (QED) is 0.171. The van der Waals surface area contributed by atoms with Crippen molar-refractivity contribution >= 4 is 40.2 Å². The van der Waals surface area contributed by atoms with E-state index in [0.717, 1.165) is 22.5 Å². The van der Waals surface area contributed by atoms with Gasteiger partial charge in [-0.15, -0.1) is 0 Å². The summed E-state index contributed by atoms with van der Waals surface area (Å²) in [6.45, 7) is 3.90. The number of aryl methyl sites for hydroxylation is 1. The zero-order valence-electron chi connectivity index (χ0n) is 23.0. The molecule has 1 aromatic heterocycles. The number of carbonyl (C=O) groups excluding carboxylic acids is 3. The summed E-state index contributed by atoms with van der Waals surface area (Å²) < 4.78 is 11.0. The Morgan fingerprint density at radius 3 is 2.33 bits per heavy atom. The van der Waals surface area contributed by atoms with Gasteiger partial charge >= 0.3 is 5.97 Å². The lowest BCUT2D eigenvalue weighted by Crippen LogP contribution is -2.30. The van der Waals surface area contributed by atoms with E-state index < -0.39 is 29.5 Å². The lowest BCUT2D eigenvalue weighted by Gasteiger charge is -2.24. The van der Waals surface area contributed by atoms with Crippen LogP contribution >= 0.6 is 11.3 Å². The molecule has 0 spiro atoms. The van der Waals surface area contributed by atoms with Gasteiger partial charge in [0.05, 0.1) is 23.9 Å². The number of aliphatic hydroxyl groups excluding tert-OH is 1. The number of nitrogens with zero attached hydrogens (tertiary/aromatic N) is 2. The van der Waals surface area contributed by atoms with E-state index in [2.05, 4.69) is 4.98 Å². The molecule has 5 rings (SSSR count). The molecule has 1 N–H and O–H groups in total. The van der Waals surface area contributed by atoms with Gasteiger partial charge in [-0.1, -0.05) is 90.2 Å². The zero-order valence-corrected chi connectivity index (χ0v) is 23.8. The molecule has 0 bridgehead atoms. The third kappa shape index (κ3) is 6.01. The molecule has 1 aliphatic heterocycles. The van der Waals surface area contributed by atoms with Crippen molar-refractivity contribution in [1.29, 1.82) is 0 Å². The number of hydrogen-bond donors (Lipinski definition) is 1. The van der Waals surface area contributed by atoms with Crippen LogP contribution in [0.3, 0.4) is 0 Å². The van der Waals surface area contributed by atoms with Gasteiger partial charge in [0.15, 0.2) is 16.7 Å². The minimum atomic E-state index is -0.991. The number of aliphatic hydroxyl groups is 1. The lowest BCUT2D eigenvalue weighted by molar-refractivity contribution is -0.117. The van der Waals surface area contributed by atoms with Crippen LogP contribution in [-0.2, 0) is 20.9 Å². The predicted molar refractivity (Wildman–Crippen MR) is 160 cm³/mol. The highest BCUT2D eigenvalue weighted by molar-refractivity contribution is 7.17. The number of allylic oxidation sites excluding steroid dienone is 1. The van der Waals surface area contributed by atoms with Crippen LogP contribution in [0.4, 0.5) is 5.13 Å². The van der Waals surface area contributed by atoms with Crippen molar-refractivity contribution in [3.05, 3.63) is 130 Å². The van der Waals surface area contributed by atoms with E-state index in [1.807, 2.05) is 60.7 Å². The Hall–Kier alpha value is -5.02. The highest BCUT2D eigenvalue weighted by Gasteiger charge is 2.45. The van der Waals surface area contributed by atoms with Crippen LogP contribution < -0.4 is 9.64 Å². The number of ketones is 1. The van der Waals surface area contributed by atoms with Gasteiger partial charge in [-0.05, 0) is 48.7 Å². The summed E-state index contributed by atoms with van der Waals surface area (Å²) in [7, 11) is 0. The molecule has 212 valence electrons. The van der Waals surface area contributed by atoms with E-state index in [4.69, 9.17) is 9.47 Å². The number of amides is 1. The summed E-state index contributed by atoms with van der Waals surface area (Å²) in [6, 6.07) is 24.9. The SMILES string of the molecule is CCOC(=O)c1sc(N2C(=O)C(O)=C(C(=O)C=Cc3ccccc3)C2c2ccc(OCc3ccccc3)cc2)nc1C. The van der Waals surface area contributed by atoms with Crippen LogP contribution in [0.1, 0.15) is 45.0 Å². The minimum absolute atomic E-state index is 0.0873. The smallest absolute Gasteiger partial charge is 0.350 e. The average molecular weight is 581 g/mol. The maximum absolute atomic E-state index is 13.5. The first kappa shape index (κ1) is 28.5. The van der Waals surface area contributed by atoms with Crippen LogP contribution in [0.25, 0.3) is 6.08 Å². The van der Waals surface area contributed by atoms with Crippen molar-refractivity contribution in [2.75, 3.05) is 11.5 Å².